The average molecular weight is 413 g/mol. The number of amides is 1. The molecule has 152 valence electrons. The van der Waals surface area contributed by atoms with Crippen LogP contribution in [0.4, 0.5) is 4.79 Å². The maximum absolute atomic E-state index is 12.2. The molecule has 3 aromatic rings. The first kappa shape index (κ1) is 19.5. The lowest BCUT2D eigenvalue weighted by atomic mass is 9.94. The van der Waals surface area contributed by atoms with Gasteiger partial charge in [0.2, 0.25) is 0 Å². The molecule has 9 heteroatoms. The Morgan fingerprint density at radius 3 is 2.72 bits per heavy atom. The van der Waals surface area contributed by atoms with Crippen LogP contribution in [0.15, 0.2) is 36.0 Å². The molecule has 0 unspecified atom stereocenters. The first-order valence-corrected chi connectivity index (χ1v) is 10.5. The third kappa shape index (κ3) is 4.61. The van der Waals surface area contributed by atoms with E-state index >= 15 is 0 Å². The SMILES string of the molecule is CC(C)(C)OC(=O)N1CCC(c2csc(-c3cccc(-n4cnnn4)c3)n2)CC1. The van der Waals surface area contributed by atoms with Crippen molar-refractivity contribution in [1.29, 1.82) is 0 Å². The van der Waals surface area contributed by atoms with Gasteiger partial charge in [0.25, 0.3) is 0 Å². The predicted molar refractivity (Wildman–Crippen MR) is 110 cm³/mol. The molecular formula is C20H24N6O2S. The van der Waals surface area contributed by atoms with Crippen molar-refractivity contribution in [3.8, 4) is 16.3 Å². The van der Waals surface area contributed by atoms with Gasteiger partial charge in [0.15, 0.2) is 0 Å². The van der Waals surface area contributed by atoms with Crippen LogP contribution in [-0.2, 0) is 4.74 Å². The molecule has 8 nitrogen and oxygen atoms in total. The Labute approximate surface area is 173 Å². The summed E-state index contributed by atoms with van der Waals surface area (Å²) in [4.78, 5) is 18.9. The number of thiazole rings is 1. The number of hydrogen-bond acceptors (Lipinski definition) is 7. The largest absolute Gasteiger partial charge is 0.444 e. The summed E-state index contributed by atoms with van der Waals surface area (Å²) < 4.78 is 7.11. The van der Waals surface area contributed by atoms with Crippen LogP contribution in [0.5, 0.6) is 0 Å². The molecule has 0 aliphatic carbocycles. The van der Waals surface area contributed by atoms with Gasteiger partial charge in [0, 0.05) is 30.0 Å². The van der Waals surface area contributed by atoms with Crippen molar-refractivity contribution in [1.82, 2.24) is 30.1 Å². The van der Waals surface area contributed by atoms with Gasteiger partial charge in [0.1, 0.15) is 16.9 Å². The summed E-state index contributed by atoms with van der Waals surface area (Å²) in [5.41, 5.74) is 2.58. The number of carbonyl (C=O) groups is 1. The number of likely N-dealkylation sites (tertiary alicyclic amines) is 1. The maximum Gasteiger partial charge on any atom is 0.410 e. The third-order valence-corrected chi connectivity index (χ3v) is 5.70. The van der Waals surface area contributed by atoms with Gasteiger partial charge in [-0.25, -0.2) is 14.5 Å². The smallest absolute Gasteiger partial charge is 0.410 e. The monoisotopic (exact) mass is 412 g/mol. The Balaban J connectivity index is 1.42. The van der Waals surface area contributed by atoms with Crippen LogP contribution in [0.25, 0.3) is 16.3 Å². The zero-order valence-corrected chi connectivity index (χ0v) is 17.6. The van der Waals surface area contributed by atoms with E-state index in [-0.39, 0.29) is 6.09 Å². The van der Waals surface area contributed by atoms with E-state index in [1.54, 1.807) is 27.2 Å². The summed E-state index contributed by atoms with van der Waals surface area (Å²) in [5.74, 6) is 0.362. The number of aromatic nitrogens is 5. The highest BCUT2D eigenvalue weighted by molar-refractivity contribution is 7.13. The molecule has 0 bridgehead atoms. The van der Waals surface area contributed by atoms with Crippen LogP contribution in [0, 0.1) is 0 Å². The lowest BCUT2D eigenvalue weighted by molar-refractivity contribution is 0.0204. The first-order valence-electron chi connectivity index (χ1n) is 9.66. The van der Waals surface area contributed by atoms with Crippen LogP contribution in [-0.4, -0.2) is 54.9 Å². The zero-order valence-electron chi connectivity index (χ0n) is 16.8. The number of benzene rings is 1. The van der Waals surface area contributed by atoms with Gasteiger partial charge in [0.05, 0.1) is 11.4 Å². The lowest BCUT2D eigenvalue weighted by Gasteiger charge is -2.32. The van der Waals surface area contributed by atoms with Gasteiger partial charge >= 0.3 is 6.09 Å². The third-order valence-electron chi connectivity index (χ3n) is 4.79. The molecule has 0 N–H and O–H groups in total. The summed E-state index contributed by atoms with van der Waals surface area (Å²) >= 11 is 1.64. The van der Waals surface area contributed by atoms with Gasteiger partial charge in [-0.2, -0.15) is 0 Å². The van der Waals surface area contributed by atoms with E-state index in [1.807, 2.05) is 45.0 Å². The average Bonchev–Trinajstić information content (AvgIpc) is 3.39. The molecule has 1 amide bonds. The fourth-order valence-corrected chi connectivity index (χ4v) is 4.25. The quantitative estimate of drug-likeness (QED) is 0.648. The minimum absolute atomic E-state index is 0.227. The van der Waals surface area contributed by atoms with Crippen LogP contribution >= 0.6 is 11.3 Å². The summed E-state index contributed by atoms with van der Waals surface area (Å²) in [7, 11) is 0. The van der Waals surface area contributed by atoms with E-state index in [0.29, 0.717) is 19.0 Å². The summed E-state index contributed by atoms with van der Waals surface area (Å²) in [6.45, 7) is 7.07. The molecule has 1 saturated heterocycles. The van der Waals surface area contributed by atoms with Gasteiger partial charge in [-0.1, -0.05) is 12.1 Å². The van der Waals surface area contributed by atoms with Crippen LogP contribution in [0.1, 0.15) is 45.2 Å². The van der Waals surface area contributed by atoms with Crippen LogP contribution in [0.2, 0.25) is 0 Å². The molecule has 2 aromatic heterocycles. The fourth-order valence-electron chi connectivity index (χ4n) is 3.35. The van der Waals surface area contributed by atoms with Gasteiger partial charge in [-0.15, -0.1) is 16.4 Å². The fraction of sp³-hybridized carbons (Fsp3) is 0.450. The molecule has 0 spiro atoms. The highest BCUT2D eigenvalue weighted by Gasteiger charge is 2.28. The summed E-state index contributed by atoms with van der Waals surface area (Å²) in [6.07, 6.45) is 3.14. The minimum Gasteiger partial charge on any atom is -0.444 e. The van der Waals surface area contributed by atoms with E-state index in [1.165, 1.54) is 0 Å². The van der Waals surface area contributed by atoms with Crippen molar-refractivity contribution in [2.24, 2.45) is 0 Å². The number of piperidine rings is 1. The molecule has 4 rings (SSSR count). The van der Waals surface area contributed by atoms with E-state index in [2.05, 4.69) is 20.9 Å². The zero-order chi connectivity index (χ0) is 20.4. The molecule has 1 aliphatic rings. The van der Waals surface area contributed by atoms with Crippen molar-refractivity contribution in [2.75, 3.05) is 13.1 Å². The van der Waals surface area contributed by atoms with Gasteiger partial charge in [-0.05, 0) is 56.2 Å². The molecular weight excluding hydrogens is 388 g/mol. The second-order valence-corrected chi connectivity index (χ2v) is 8.98. The number of carbonyl (C=O) groups excluding carboxylic acids is 1. The highest BCUT2D eigenvalue weighted by atomic mass is 32.1. The van der Waals surface area contributed by atoms with Crippen molar-refractivity contribution < 1.29 is 9.53 Å². The number of ether oxygens (including phenoxy) is 1. The lowest BCUT2D eigenvalue weighted by Crippen LogP contribution is -2.41. The van der Waals surface area contributed by atoms with Crippen LogP contribution in [0.3, 0.4) is 0 Å². The molecule has 0 saturated carbocycles. The Hall–Kier alpha value is -2.81. The van der Waals surface area contributed by atoms with Gasteiger partial charge in [-0.3, -0.25) is 0 Å². The second kappa shape index (κ2) is 7.90. The number of tetrazole rings is 1. The van der Waals surface area contributed by atoms with Crippen LogP contribution < -0.4 is 0 Å². The molecule has 29 heavy (non-hydrogen) atoms. The predicted octanol–water partition coefficient (Wildman–Crippen LogP) is 3.90. The molecule has 1 fully saturated rings. The summed E-state index contributed by atoms with van der Waals surface area (Å²) in [6, 6.07) is 8.01. The Bertz CT molecular complexity index is 971. The number of rotatable bonds is 3. The Kier molecular flexibility index (Phi) is 5.31. The molecule has 1 aromatic carbocycles. The van der Waals surface area contributed by atoms with E-state index in [4.69, 9.17) is 9.72 Å². The number of nitrogens with zero attached hydrogens (tertiary/aromatic N) is 6. The summed E-state index contributed by atoms with van der Waals surface area (Å²) in [5, 5.41) is 14.4. The van der Waals surface area contributed by atoms with Crippen molar-refractivity contribution >= 4 is 17.4 Å². The topological polar surface area (TPSA) is 86.0 Å². The molecule has 1 aliphatic heterocycles. The minimum atomic E-state index is -0.464. The van der Waals surface area contributed by atoms with Crippen molar-refractivity contribution in [3.63, 3.8) is 0 Å². The maximum atomic E-state index is 12.2. The van der Waals surface area contributed by atoms with E-state index < -0.39 is 5.60 Å². The van der Waals surface area contributed by atoms with Crippen molar-refractivity contribution in [3.05, 3.63) is 41.7 Å². The van der Waals surface area contributed by atoms with E-state index in [0.717, 1.165) is 34.8 Å². The standard InChI is InChI=1S/C20H24N6O2S/c1-20(2,3)28-19(27)25-9-7-14(8-10-25)17-12-29-18(22-17)15-5-4-6-16(11-15)26-13-21-23-24-26/h4-6,11-14H,7-10H2,1-3H3. The Morgan fingerprint density at radius 1 is 1.24 bits per heavy atom. The number of hydrogen-bond donors (Lipinski definition) is 0. The molecule has 3 heterocycles. The normalized spacial score (nSPS) is 15.5. The molecule has 0 radical (unpaired) electrons. The second-order valence-electron chi connectivity index (χ2n) is 8.12. The Morgan fingerprint density at radius 2 is 2.03 bits per heavy atom. The highest BCUT2D eigenvalue weighted by Crippen LogP contribution is 2.33. The van der Waals surface area contributed by atoms with Crippen molar-refractivity contribution in [2.45, 2.75) is 45.1 Å². The molecule has 0 atom stereocenters. The van der Waals surface area contributed by atoms with E-state index in [9.17, 15) is 4.79 Å². The van der Waals surface area contributed by atoms with Gasteiger partial charge < -0.3 is 9.64 Å². The first-order chi connectivity index (χ1) is 13.9.